The lowest BCUT2D eigenvalue weighted by Gasteiger charge is -2.28. The molecule has 1 atom stereocenters. The number of hydrogen-bond acceptors (Lipinski definition) is 6. The number of aromatic nitrogens is 5. The molecule has 0 saturated heterocycles. The van der Waals surface area contributed by atoms with Crippen molar-refractivity contribution >= 4 is 17.5 Å². The molecular weight excluding hydrogens is 423 g/mol. The molecule has 0 saturated carbocycles. The summed E-state index contributed by atoms with van der Waals surface area (Å²) in [6.07, 6.45) is 4.65. The Kier molecular flexibility index (Phi) is 5.51. The highest BCUT2D eigenvalue weighted by molar-refractivity contribution is 6.29. The molecule has 0 aromatic carbocycles. The van der Waals surface area contributed by atoms with Crippen molar-refractivity contribution in [3.05, 3.63) is 82.9 Å². The Morgan fingerprint density at radius 1 is 1.29 bits per heavy atom. The molecule has 0 radical (unpaired) electrons. The first kappa shape index (κ1) is 20.7. The molecule has 1 unspecified atom stereocenters. The van der Waals surface area contributed by atoms with E-state index in [1.807, 2.05) is 26.2 Å². The number of carbonyl (C=O) groups is 1. The summed E-state index contributed by atoms with van der Waals surface area (Å²) in [5.41, 5.74) is 1.30. The molecule has 4 rings (SSSR count). The average molecular weight is 441 g/mol. The number of pyridine rings is 2. The van der Waals surface area contributed by atoms with Crippen LogP contribution in [0.2, 0.25) is 5.15 Å². The fourth-order valence-electron chi connectivity index (χ4n) is 3.13. The van der Waals surface area contributed by atoms with E-state index in [-0.39, 0.29) is 18.0 Å². The molecule has 31 heavy (non-hydrogen) atoms. The van der Waals surface area contributed by atoms with Crippen molar-refractivity contribution in [1.29, 1.82) is 0 Å². The molecule has 8 nitrogen and oxygen atoms in total. The van der Waals surface area contributed by atoms with E-state index in [2.05, 4.69) is 25.5 Å². The molecule has 10 heteroatoms. The van der Waals surface area contributed by atoms with Crippen molar-refractivity contribution in [3.8, 4) is 11.5 Å². The molecule has 0 aliphatic rings. The first-order valence-corrected chi connectivity index (χ1v) is 9.72. The maximum Gasteiger partial charge on any atom is 0.273 e. The molecule has 0 aliphatic heterocycles. The molecule has 0 fully saturated rings. The van der Waals surface area contributed by atoms with Crippen LogP contribution in [0.3, 0.4) is 0 Å². The highest BCUT2D eigenvalue weighted by Crippen LogP contribution is 2.31. The lowest BCUT2D eigenvalue weighted by molar-refractivity contribution is 0.0938. The van der Waals surface area contributed by atoms with Crippen LogP contribution in [0.15, 0.2) is 59.5 Å². The Balaban J connectivity index is 1.56. The van der Waals surface area contributed by atoms with Crippen molar-refractivity contribution in [2.24, 2.45) is 7.05 Å². The van der Waals surface area contributed by atoms with Gasteiger partial charge in [-0.2, -0.15) is 5.10 Å². The number of aryl methyl sites for hydroxylation is 1. The quantitative estimate of drug-likeness (QED) is 0.461. The second kappa shape index (κ2) is 8.27. The monoisotopic (exact) mass is 440 g/mol. The van der Waals surface area contributed by atoms with Crippen molar-refractivity contribution in [3.63, 3.8) is 0 Å². The third-order valence-corrected chi connectivity index (χ3v) is 5.16. The summed E-state index contributed by atoms with van der Waals surface area (Å²) in [5.74, 6) is -0.642. The molecular formula is C21H18ClFN6O2. The molecule has 0 aliphatic carbocycles. The maximum absolute atomic E-state index is 13.1. The van der Waals surface area contributed by atoms with Gasteiger partial charge in [-0.15, -0.1) is 0 Å². The summed E-state index contributed by atoms with van der Waals surface area (Å²) in [5, 5.41) is 11.3. The largest absolute Gasteiger partial charge is 0.354 e. The Hall–Kier alpha value is -3.59. The van der Waals surface area contributed by atoms with Crippen LogP contribution in [0.1, 0.15) is 28.7 Å². The predicted octanol–water partition coefficient (Wildman–Crippen LogP) is 3.39. The minimum atomic E-state index is -0.695. The summed E-state index contributed by atoms with van der Waals surface area (Å²) in [6, 6.07) is 9.49. The molecule has 4 aromatic heterocycles. The Bertz CT molecular complexity index is 1220. The molecule has 0 spiro atoms. The Labute approximate surface area is 182 Å². The minimum Gasteiger partial charge on any atom is -0.354 e. The number of hydrogen-bond donors (Lipinski definition) is 1. The second-order valence-electron chi connectivity index (χ2n) is 7.20. The zero-order chi connectivity index (χ0) is 22.0. The fourth-order valence-corrected chi connectivity index (χ4v) is 3.30. The smallest absolute Gasteiger partial charge is 0.273 e. The van der Waals surface area contributed by atoms with E-state index >= 15 is 0 Å². The van der Waals surface area contributed by atoms with Crippen molar-refractivity contribution in [2.75, 3.05) is 6.54 Å². The standard InChI is InChI=1S/C21H18ClFN6O2/c1-21(13-9-26-29(2)11-13,18-4-3-5-19(22)27-18)12-25-20(30)16-8-17(31-28-16)15-7-6-14(23)10-24-15/h3-11H,12H2,1-2H3,(H,25,30). The topological polar surface area (TPSA) is 98.7 Å². The molecule has 4 heterocycles. The summed E-state index contributed by atoms with van der Waals surface area (Å²) in [7, 11) is 1.81. The van der Waals surface area contributed by atoms with Crippen molar-refractivity contribution in [1.82, 2.24) is 30.2 Å². The number of nitrogens with one attached hydrogen (secondary N) is 1. The summed E-state index contributed by atoms with van der Waals surface area (Å²) in [6.45, 7) is 2.15. The van der Waals surface area contributed by atoms with E-state index in [4.69, 9.17) is 16.1 Å². The number of halogens is 2. The van der Waals surface area contributed by atoms with Gasteiger partial charge in [0.1, 0.15) is 16.7 Å². The highest BCUT2D eigenvalue weighted by Gasteiger charge is 2.33. The molecule has 1 amide bonds. The number of amides is 1. The average Bonchev–Trinajstić information content (AvgIpc) is 3.42. The molecule has 4 aromatic rings. The molecule has 158 valence electrons. The van der Waals surface area contributed by atoms with Gasteiger partial charge in [-0.3, -0.25) is 9.48 Å². The first-order chi connectivity index (χ1) is 14.8. The van der Waals surface area contributed by atoms with Gasteiger partial charge >= 0.3 is 0 Å². The van der Waals surface area contributed by atoms with Crippen LogP contribution in [0.4, 0.5) is 4.39 Å². The van der Waals surface area contributed by atoms with Crippen LogP contribution in [0.5, 0.6) is 0 Å². The van der Waals surface area contributed by atoms with E-state index in [0.717, 1.165) is 11.8 Å². The van der Waals surface area contributed by atoms with E-state index in [9.17, 15) is 9.18 Å². The zero-order valence-electron chi connectivity index (χ0n) is 16.7. The maximum atomic E-state index is 13.1. The van der Waals surface area contributed by atoms with E-state index in [1.54, 1.807) is 23.0 Å². The van der Waals surface area contributed by atoms with Gasteiger partial charge in [0.15, 0.2) is 11.5 Å². The third kappa shape index (κ3) is 4.31. The van der Waals surface area contributed by atoms with Gasteiger partial charge in [0.05, 0.1) is 23.5 Å². The SMILES string of the molecule is Cn1cc(C(C)(CNC(=O)c2cc(-c3ccc(F)cn3)on2)c2cccc(Cl)n2)cn1. The van der Waals surface area contributed by atoms with Crippen LogP contribution in [0.25, 0.3) is 11.5 Å². The zero-order valence-corrected chi connectivity index (χ0v) is 17.5. The van der Waals surface area contributed by atoms with Crippen LogP contribution >= 0.6 is 11.6 Å². The van der Waals surface area contributed by atoms with Crippen molar-refractivity contribution < 1.29 is 13.7 Å². The minimum absolute atomic E-state index is 0.0775. The van der Waals surface area contributed by atoms with Gasteiger partial charge in [-0.1, -0.05) is 22.8 Å². The predicted molar refractivity (Wildman–Crippen MR) is 111 cm³/mol. The summed E-state index contributed by atoms with van der Waals surface area (Å²) in [4.78, 5) is 21.1. The van der Waals surface area contributed by atoms with Crippen LogP contribution < -0.4 is 5.32 Å². The van der Waals surface area contributed by atoms with Gasteiger partial charge in [-0.25, -0.2) is 14.4 Å². The van der Waals surface area contributed by atoms with Gasteiger partial charge < -0.3 is 9.84 Å². The second-order valence-corrected chi connectivity index (χ2v) is 7.59. The number of nitrogens with zero attached hydrogens (tertiary/aromatic N) is 5. The van der Waals surface area contributed by atoms with E-state index < -0.39 is 17.1 Å². The summed E-state index contributed by atoms with van der Waals surface area (Å²) >= 11 is 6.10. The van der Waals surface area contributed by atoms with Crippen LogP contribution in [-0.2, 0) is 12.5 Å². The fraction of sp³-hybridized carbons (Fsp3) is 0.190. The highest BCUT2D eigenvalue weighted by atomic mass is 35.5. The Morgan fingerprint density at radius 2 is 2.13 bits per heavy atom. The van der Waals surface area contributed by atoms with Gasteiger partial charge in [0.2, 0.25) is 0 Å². The lowest BCUT2D eigenvalue weighted by atomic mass is 9.80. The lowest BCUT2D eigenvalue weighted by Crippen LogP contribution is -2.40. The number of carbonyl (C=O) groups excluding carboxylic acids is 1. The Morgan fingerprint density at radius 3 is 2.81 bits per heavy atom. The number of rotatable bonds is 6. The van der Waals surface area contributed by atoms with Crippen LogP contribution in [-0.4, -0.2) is 37.4 Å². The van der Waals surface area contributed by atoms with Crippen molar-refractivity contribution in [2.45, 2.75) is 12.3 Å². The van der Waals surface area contributed by atoms with Gasteiger partial charge in [0, 0.05) is 31.4 Å². The van der Waals surface area contributed by atoms with E-state index in [0.29, 0.717) is 16.5 Å². The third-order valence-electron chi connectivity index (χ3n) is 4.95. The normalized spacial score (nSPS) is 13.0. The summed E-state index contributed by atoms with van der Waals surface area (Å²) < 4.78 is 19.9. The molecule has 1 N–H and O–H groups in total. The molecule has 0 bridgehead atoms. The van der Waals surface area contributed by atoms with Gasteiger partial charge in [-0.05, 0) is 31.2 Å². The van der Waals surface area contributed by atoms with Gasteiger partial charge in [0.25, 0.3) is 5.91 Å². The van der Waals surface area contributed by atoms with E-state index in [1.165, 1.54) is 18.2 Å². The first-order valence-electron chi connectivity index (χ1n) is 9.34. The van der Waals surface area contributed by atoms with Crippen LogP contribution in [0, 0.1) is 5.82 Å².